The number of ketones is 1. The zero-order valence-corrected chi connectivity index (χ0v) is 9.36. The molecular weight excluding hydrogens is 208 g/mol. The highest BCUT2D eigenvalue weighted by atomic mass is 16.3. The van der Waals surface area contributed by atoms with Crippen LogP contribution in [0.2, 0.25) is 0 Å². The third-order valence-corrected chi connectivity index (χ3v) is 2.12. The van der Waals surface area contributed by atoms with E-state index in [1.807, 2.05) is 0 Å². The van der Waals surface area contributed by atoms with Gasteiger partial charge in [-0.25, -0.2) is 4.98 Å². The molecule has 0 saturated heterocycles. The lowest BCUT2D eigenvalue weighted by molar-refractivity contribution is -0.121. The first-order valence-electron chi connectivity index (χ1n) is 5.31. The largest absolute Gasteiger partial charge is 0.451 e. The van der Waals surface area contributed by atoms with Gasteiger partial charge in [0.25, 0.3) is 0 Å². The maximum Gasteiger partial charge on any atom is 0.220 e. The van der Waals surface area contributed by atoms with E-state index < -0.39 is 0 Å². The fraction of sp³-hybridized carbons (Fsp3) is 0.545. The molecule has 16 heavy (non-hydrogen) atoms. The van der Waals surface area contributed by atoms with E-state index in [1.165, 1.54) is 13.3 Å². The van der Waals surface area contributed by atoms with E-state index >= 15 is 0 Å². The van der Waals surface area contributed by atoms with Crippen molar-refractivity contribution in [3.8, 4) is 0 Å². The topological polar surface area (TPSA) is 72.2 Å². The smallest absolute Gasteiger partial charge is 0.220 e. The lowest BCUT2D eigenvalue weighted by Gasteiger charge is -2.02. The number of carbonyl (C=O) groups is 2. The first-order valence-corrected chi connectivity index (χ1v) is 5.31. The van der Waals surface area contributed by atoms with Crippen LogP contribution in [0.4, 0.5) is 0 Å². The number of aromatic nitrogens is 1. The first-order chi connectivity index (χ1) is 7.68. The number of amides is 1. The van der Waals surface area contributed by atoms with Crippen LogP contribution in [-0.4, -0.2) is 23.2 Å². The van der Waals surface area contributed by atoms with Crippen LogP contribution in [-0.2, 0) is 16.0 Å². The first kappa shape index (κ1) is 12.4. The number of rotatable bonds is 7. The number of oxazole rings is 1. The molecule has 0 aliphatic rings. The summed E-state index contributed by atoms with van der Waals surface area (Å²) in [6.07, 6.45) is 5.07. The van der Waals surface area contributed by atoms with Crippen LogP contribution in [0, 0.1) is 0 Å². The second-order valence-electron chi connectivity index (χ2n) is 3.64. The van der Waals surface area contributed by atoms with Crippen molar-refractivity contribution >= 4 is 11.7 Å². The number of nitrogens with zero attached hydrogens (tertiary/aromatic N) is 1. The van der Waals surface area contributed by atoms with E-state index in [9.17, 15) is 9.59 Å². The Morgan fingerprint density at radius 1 is 1.44 bits per heavy atom. The van der Waals surface area contributed by atoms with Gasteiger partial charge in [-0.1, -0.05) is 0 Å². The predicted octanol–water partition coefficient (Wildman–Crippen LogP) is 1.09. The molecule has 1 heterocycles. The quantitative estimate of drug-likeness (QED) is 0.752. The normalized spacial score (nSPS) is 10.1. The molecule has 0 bridgehead atoms. The monoisotopic (exact) mass is 224 g/mol. The summed E-state index contributed by atoms with van der Waals surface area (Å²) in [5.41, 5.74) is 0.823. The minimum Gasteiger partial charge on any atom is -0.451 e. The van der Waals surface area contributed by atoms with Crippen molar-refractivity contribution in [1.29, 1.82) is 0 Å². The molecule has 0 aromatic carbocycles. The van der Waals surface area contributed by atoms with Gasteiger partial charge in [-0.15, -0.1) is 0 Å². The van der Waals surface area contributed by atoms with Gasteiger partial charge in [0.1, 0.15) is 12.0 Å². The second kappa shape index (κ2) is 6.76. The molecule has 0 spiro atoms. The van der Waals surface area contributed by atoms with Crippen LogP contribution >= 0.6 is 0 Å². The van der Waals surface area contributed by atoms with Gasteiger partial charge in [-0.05, 0) is 13.3 Å². The standard InChI is InChI=1S/C11H16N2O3/c1-9(14)3-2-4-11(15)12-6-5-10-7-16-8-13-10/h7-8H,2-6H2,1H3,(H,12,15). The summed E-state index contributed by atoms with van der Waals surface area (Å²) in [5.74, 6) is 0.0974. The fourth-order valence-electron chi connectivity index (χ4n) is 1.28. The molecule has 0 aliphatic carbocycles. The molecule has 1 aromatic heterocycles. The van der Waals surface area contributed by atoms with Crippen molar-refractivity contribution in [3.63, 3.8) is 0 Å². The van der Waals surface area contributed by atoms with Crippen molar-refractivity contribution in [2.45, 2.75) is 32.6 Å². The average molecular weight is 224 g/mol. The Hall–Kier alpha value is -1.65. The van der Waals surface area contributed by atoms with Gasteiger partial charge < -0.3 is 14.5 Å². The molecular formula is C11H16N2O3. The summed E-state index contributed by atoms with van der Waals surface area (Å²) in [7, 11) is 0. The Kier molecular flexibility index (Phi) is 5.25. The molecule has 0 radical (unpaired) electrons. The lowest BCUT2D eigenvalue weighted by Crippen LogP contribution is -2.25. The van der Waals surface area contributed by atoms with E-state index in [0.29, 0.717) is 32.2 Å². The van der Waals surface area contributed by atoms with E-state index in [0.717, 1.165) is 5.69 Å². The third kappa shape index (κ3) is 5.29. The molecule has 1 aromatic rings. The number of carbonyl (C=O) groups excluding carboxylic acids is 2. The van der Waals surface area contributed by atoms with Gasteiger partial charge in [0, 0.05) is 25.8 Å². The van der Waals surface area contributed by atoms with Gasteiger partial charge in [0.15, 0.2) is 6.39 Å². The Morgan fingerprint density at radius 3 is 2.88 bits per heavy atom. The second-order valence-corrected chi connectivity index (χ2v) is 3.64. The van der Waals surface area contributed by atoms with Crippen LogP contribution in [0.3, 0.4) is 0 Å². The molecule has 1 N–H and O–H groups in total. The highest BCUT2D eigenvalue weighted by Gasteiger charge is 2.02. The molecule has 5 nitrogen and oxygen atoms in total. The SMILES string of the molecule is CC(=O)CCCC(=O)NCCc1cocn1. The maximum atomic E-state index is 11.3. The van der Waals surface area contributed by atoms with E-state index in [-0.39, 0.29) is 11.7 Å². The minimum absolute atomic E-state index is 0.0234. The van der Waals surface area contributed by atoms with Crippen LogP contribution < -0.4 is 5.32 Å². The molecule has 0 saturated carbocycles. The molecule has 0 unspecified atom stereocenters. The highest BCUT2D eigenvalue weighted by Crippen LogP contribution is 1.97. The summed E-state index contributed by atoms with van der Waals surface area (Å²) < 4.78 is 4.80. The summed E-state index contributed by atoms with van der Waals surface area (Å²) in [6, 6.07) is 0. The number of Topliss-reactive ketones (excluding diaryl/α,β-unsaturated/α-hetero) is 1. The zero-order chi connectivity index (χ0) is 11.8. The average Bonchev–Trinajstić information content (AvgIpc) is 2.70. The summed E-state index contributed by atoms with van der Waals surface area (Å²) in [6.45, 7) is 2.08. The fourth-order valence-corrected chi connectivity index (χ4v) is 1.28. The molecule has 88 valence electrons. The van der Waals surface area contributed by atoms with E-state index in [4.69, 9.17) is 4.42 Å². The molecule has 1 rings (SSSR count). The van der Waals surface area contributed by atoms with Crippen molar-refractivity contribution in [3.05, 3.63) is 18.4 Å². The maximum absolute atomic E-state index is 11.3. The van der Waals surface area contributed by atoms with Crippen molar-refractivity contribution in [2.75, 3.05) is 6.54 Å². The van der Waals surface area contributed by atoms with Crippen molar-refractivity contribution in [1.82, 2.24) is 10.3 Å². The van der Waals surface area contributed by atoms with Crippen molar-refractivity contribution in [2.24, 2.45) is 0 Å². The third-order valence-electron chi connectivity index (χ3n) is 2.12. The predicted molar refractivity (Wildman–Crippen MR) is 57.7 cm³/mol. The van der Waals surface area contributed by atoms with Crippen LogP contribution in [0.1, 0.15) is 31.9 Å². The summed E-state index contributed by atoms with van der Waals surface area (Å²) >= 11 is 0. The molecule has 5 heteroatoms. The van der Waals surface area contributed by atoms with Crippen LogP contribution in [0.25, 0.3) is 0 Å². The summed E-state index contributed by atoms with van der Waals surface area (Å²) in [4.78, 5) is 25.9. The number of nitrogens with one attached hydrogen (secondary N) is 1. The molecule has 1 amide bonds. The van der Waals surface area contributed by atoms with E-state index in [1.54, 1.807) is 6.26 Å². The van der Waals surface area contributed by atoms with Crippen molar-refractivity contribution < 1.29 is 14.0 Å². The van der Waals surface area contributed by atoms with Gasteiger partial charge >= 0.3 is 0 Å². The number of hydrogen-bond donors (Lipinski definition) is 1. The Bertz CT molecular complexity index is 333. The number of hydrogen-bond acceptors (Lipinski definition) is 4. The molecule has 0 fully saturated rings. The van der Waals surface area contributed by atoms with Crippen LogP contribution in [0.5, 0.6) is 0 Å². The minimum atomic E-state index is -0.0234. The Morgan fingerprint density at radius 2 is 2.25 bits per heavy atom. The molecule has 0 atom stereocenters. The highest BCUT2D eigenvalue weighted by molar-refractivity contribution is 5.78. The lowest BCUT2D eigenvalue weighted by atomic mass is 10.2. The molecule has 0 aliphatic heterocycles. The Balaban J connectivity index is 2.04. The van der Waals surface area contributed by atoms with E-state index in [2.05, 4.69) is 10.3 Å². The zero-order valence-electron chi connectivity index (χ0n) is 9.36. The summed E-state index contributed by atoms with van der Waals surface area (Å²) in [5, 5.41) is 2.76. The van der Waals surface area contributed by atoms with Gasteiger partial charge in [0.2, 0.25) is 5.91 Å². The Labute approximate surface area is 94.2 Å². The van der Waals surface area contributed by atoms with Crippen LogP contribution in [0.15, 0.2) is 17.1 Å². The van der Waals surface area contributed by atoms with Gasteiger partial charge in [0.05, 0.1) is 5.69 Å². The van der Waals surface area contributed by atoms with Gasteiger partial charge in [-0.3, -0.25) is 4.79 Å². The van der Waals surface area contributed by atoms with Gasteiger partial charge in [-0.2, -0.15) is 0 Å².